The number of H-pyrrole nitrogens is 1. The van der Waals surface area contributed by atoms with Gasteiger partial charge in [-0.25, -0.2) is 4.79 Å². The largest absolute Gasteiger partial charge is 0.465 e. The van der Waals surface area contributed by atoms with Crippen LogP contribution in [-0.4, -0.2) is 38.3 Å². The van der Waals surface area contributed by atoms with E-state index in [1.54, 1.807) is 0 Å². The molecule has 2 heterocycles. The molecule has 0 atom stereocenters. The normalized spacial score (nSPS) is 11.2. The molecule has 6 rings (SSSR count). The van der Waals surface area contributed by atoms with Gasteiger partial charge in [-0.3, -0.25) is 0 Å². The molecule has 0 saturated carbocycles. The first-order chi connectivity index (χ1) is 20.1. The van der Waals surface area contributed by atoms with E-state index in [1.807, 2.05) is 24.3 Å². The second-order valence-corrected chi connectivity index (χ2v) is 10.2. The van der Waals surface area contributed by atoms with Gasteiger partial charge in [0, 0.05) is 23.9 Å². The molecule has 2 aromatic heterocycles. The Labute approximate surface area is 238 Å². The van der Waals surface area contributed by atoms with Crippen LogP contribution in [0.25, 0.3) is 33.3 Å². The molecule has 0 radical (unpaired) electrons. The summed E-state index contributed by atoms with van der Waals surface area (Å²) in [7, 11) is 1.42. The first kappa shape index (κ1) is 26.2. The van der Waals surface area contributed by atoms with Gasteiger partial charge in [-0.15, -0.1) is 10.2 Å². The quantitative estimate of drug-likeness (QED) is 0.208. The molecule has 0 amide bonds. The number of hydrogen-bond acceptors (Lipinski definition) is 5. The van der Waals surface area contributed by atoms with Crippen LogP contribution in [0.15, 0.2) is 97.1 Å². The van der Waals surface area contributed by atoms with Crippen LogP contribution in [0.4, 0.5) is 0 Å². The number of hydrogen-bond donors (Lipinski definition) is 1. The predicted octanol–water partition coefficient (Wildman–Crippen LogP) is 6.61. The van der Waals surface area contributed by atoms with Gasteiger partial charge in [0.1, 0.15) is 0 Å². The summed E-state index contributed by atoms with van der Waals surface area (Å²) in [6.45, 7) is 2.76. The first-order valence-corrected chi connectivity index (χ1v) is 13.8. The van der Waals surface area contributed by atoms with Gasteiger partial charge in [0.2, 0.25) is 0 Å². The zero-order valence-corrected chi connectivity index (χ0v) is 23.2. The molecule has 0 aliphatic heterocycles. The number of carbonyl (C=O) groups is 1. The van der Waals surface area contributed by atoms with Gasteiger partial charge < -0.3 is 9.30 Å². The molecule has 0 unspecified atom stereocenters. The lowest BCUT2D eigenvalue weighted by Gasteiger charge is -2.13. The zero-order chi connectivity index (χ0) is 28.2. The number of aromatic amines is 1. The van der Waals surface area contributed by atoms with Crippen LogP contribution in [0.5, 0.6) is 0 Å². The lowest BCUT2D eigenvalue weighted by molar-refractivity contribution is 0.0601. The minimum Gasteiger partial charge on any atom is -0.465 e. The summed E-state index contributed by atoms with van der Waals surface area (Å²) < 4.78 is 7.39. The fourth-order valence-electron chi connectivity index (χ4n) is 5.46. The highest BCUT2D eigenvalue weighted by atomic mass is 16.5. The van der Waals surface area contributed by atoms with Crippen molar-refractivity contribution in [2.45, 2.75) is 32.7 Å². The standard InChI is InChI=1S/C34H31N5O2/c1-23-8-10-24(11-9-23)12-18-29-30-22-28(34(40)41-2)17-19-31(30)39(21-20-32-35-37-38-36-32)33(29)27-15-13-26(14-16-27)25-6-4-3-5-7-25/h3-11,13-17,19,22H,12,18,20-21H2,1-2H3,(H,35,36,37,38). The van der Waals surface area contributed by atoms with Gasteiger partial charge in [-0.1, -0.05) is 89.6 Å². The number of aryl methyl sites for hydroxylation is 5. The molecule has 0 fully saturated rings. The molecule has 0 spiro atoms. The van der Waals surface area contributed by atoms with Crippen molar-refractivity contribution in [2.24, 2.45) is 0 Å². The minimum absolute atomic E-state index is 0.343. The molecule has 1 N–H and O–H groups in total. The van der Waals surface area contributed by atoms with E-state index in [0.29, 0.717) is 24.4 Å². The third-order valence-corrected chi connectivity index (χ3v) is 7.59. The topological polar surface area (TPSA) is 85.7 Å². The Hall–Kier alpha value is -5.04. The molecular formula is C34H31N5O2. The van der Waals surface area contributed by atoms with Gasteiger partial charge in [-0.2, -0.15) is 5.21 Å². The van der Waals surface area contributed by atoms with Crippen molar-refractivity contribution < 1.29 is 9.53 Å². The monoisotopic (exact) mass is 541 g/mol. The Bertz CT molecular complexity index is 1770. The van der Waals surface area contributed by atoms with Crippen LogP contribution in [0.1, 0.15) is 32.9 Å². The maximum absolute atomic E-state index is 12.5. The lowest BCUT2D eigenvalue weighted by atomic mass is 9.96. The van der Waals surface area contributed by atoms with E-state index in [1.165, 1.54) is 29.4 Å². The predicted molar refractivity (Wildman–Crippen MR) is 161 cm³/mol. The Morgan fingerprint density at radius 3 is 2.27 bits per heavy atom. The number of nitrogens with one attached hydrogen (secondary N) is 1. The van der Waals surface area contributed by atoms with E-state index in [4.69, 9.17) is 4.74 Å². The van der Waals surface area contributed by atoms with Crippen molar-refractivity contribution in [1.29, 1.82) is 0 Å². The van der Waals surface area contributed by atoms with Crippen molar-refractivity contribution >= 4 is 16.9 Å². The maximum atomic E-state index is 12.5. The van der Waals surface area contributed by atoms with E-state index >= 15 is 0 Å². The first-order valence-electron chi connectivity index (χ1n) is 13.8. The fraction of sp³-hybridized carbons (Fsp3) is 0.176. The average molecular weight is 542 g/mol. The molecule has 0 aliphatic rings. The number of fused-ring (bicyclic) bond motifs is 1. The van der Waals surface area contributed by atoms with Crippen LogP contribution in [0, 0.1) is 6.92 Å². The van der Waals surface area contributed by atoms with Crippen molar-refractivity contribution in [3.05, 3.63) is 125 Å². The fourth-order valence-corrected chi connectivity index (χ4v) is 5.46. The number of rotatable bonds is 9. The second kappa shape index (κ2) is 11.6. The average Bonchev–Trinajstić information content (AvgIpc) is 3.65. The van der Waals surface area contributed by atoms with E-state index in [9.17, 15) is 4.79 Å². The molecule has 6 aromatic rings. The van der Waals surface area contributed by atoms with Crippen LogP contribution < -0.4 is 0 Å². The highest BCUT2D eigenvalue weighted by Gasteiger charge is 2.21. The zero-order valence-electron chi connectivity index (χ0n) is 23.2. The number of aromatic nitrogens is 5. The summed E-state index contributed by atoms with van der Waals surface area (Å²) in [4.78, 5) is 12.5. The smallest absolute Gasteiger partial charge is 0.337 e. The molecule has 204 valence electrons. The number of tetrazole rings is 1. The summed E-state index contributed by atoms with van der Waals surface area (Å²) in [5.74, 6) is 0.314. The number of carbonyl (C=O) groups excluding carboxylic acids is 1. The van der Waals surface area contributed by atoms with Crippen LogP contribution in [0.2, 0.25) is 0 Å². The van der Waals surface area contributed by atoms with Crippen molar-refractivity contribution in [3.8, 4) is 22.4 Å². The van der Waals surface area contributed by atoms with Crippen LogP contribution in [0.3, 0.4) is 0 Å². The summed E-state index contributed by atoms with van der Waals surface area (Å²) in [5, 5.41) is 15.7. The summed E-state index contributed by atoms with van der Waals surface area (Å²) >= 11 is 0. The molecule has 41 heavy (non-hydrogen) atoms. The third-order valence-electron chi connectivity index (χ3n) is 7.59. The van der Waals surface area contributed by atoms with Gasteiger partial charge in [0.15, 0.2) is 5.82 Å². The molecule has 0 bridgehead atoms. The Kier molecular flexibility index (Phi) is 7.41. The van der Waals surface area contributed by atoms with Gasteiger partial charge >= 0.3 is 5.97 Å². The summed E-state index contributed by atoms with van der Waals surface area (Å²) in [6, 6.07) is 33.7. The molecule has 0 aliphatic carbocycles. The van der Waals surface area contributed by atoms with Crippen molar-refractivity contribution in [2.75, 3.05) is 7.11 Å². The summed E-state index contributed by atoms with van der Waals surface area (Å²) in [5.41, 5.74) is 9.92. The number of methoxy groups -OCH3 is 1. The third kappa shape index (κ3) is 5.52. The van der Waals surface area contributed by atoms with E-state index in [2.05, 4.69) is 105 Å². The SMILES string of the molecule is COC(=O)c1ccc2c(c1)c(CCc1ccc(C)cc1)c(-c1ccc(-c3ccccc3)cc1)n2CCc1nn[nH]n1. The van der Waals surface area contributed by atoms with E-state index < -0.39 is 0 Å². The number of nitrogens with zero attached hydrogens (tertiary/aromatic N) is 4. The molecule has 0 saturated heterocycles. The van der Waals surface area contributed by atoms with Gasteiger partial charge in [0.05, 0.1) is 18.4 Å². The van der Waals surface area contributed by atoms with Crippen molar-refractivity contribution in [1.82, 2.24) is 25.2 Å². The van der Waals surface area contributed by atoms with Crippen LogP contribution in [-0.2, 0) is 30.5 Å². The Balaban J connectivity index is 1.50. The highest BCUT2D eigenvalue weighted by Crippen LogP contribution is 2.37. The van der Waals surface area contributed by atoms with Gasteiger partial charge in [-0.05, 0) is 65.8 Å². The van der Waals surface area contributed by atoms with E-state index in [0.717, 1.165) is 40.6 Å². The maximum Gasteiger partial charge on any atom is 0.337 e. The number of ether oxygens (including phenoxy) is 1. The van der Waals surface area contributed by atoms with E-state index in [-0.39, 0.29) is 5.97 Å². The van der Waals surface area contributed by atoms with Crippen LogP contribution >= 0.6 is 0 Å². The number of benzene rings is 4. The van der Waals surface area contributed by atoms with Crippen molar-refractivity contribution in [3.63, 3.8) is 0 Å². The molecule has 7 nitrogen and oxygen atoms in total. The Morgan fingerprint density at radius 1 is 0.829 bits per heavy atom. The molecule has 4 aromatic carbocycles. The minimum atomic E-state index is -0.343. The Morgan fingerprint density at radius 2 is 1.56 bits per heavy atom. The highest BCUT2D eigenvalue weighted by molar-refractivity contribution is 5.99. The number of esters is 1. The van der Waals surface area contributed by atoms with Gasteiger partial charge in [0.25, 0.3) is 0 Å². The second-order valence-electron chi connectivity index (χ2n) is 10.2. The molecular weight excluding hydrogens is 510 g/mol. The molecule has 7 heteroatoms. The summed E-state index contributed by atoms with van der Waals surface area (Å²) in [6.07, 6.45) is 2.31. The lowest BCUT2D eigenvalue weighted by Crippen LogP contribution is -2.06.